The van der Waals surface area contributed by atoms with Crippen LogP contribution in [0.2, 0.25) is 0 Å². The van der Waals surface area contributed by atoms with Crippen LogP contribution in [0.25, 0.3) is 21.8 Å². The lowest BCUT2D eigenvalue weighted by molar-refractivity contribution is 0.103. The third-order valence-electron chi connectivity index (χ3n) is 4.26. The molecular weight excluding hydrogens is 368 g/mol. The van der Waals surface area contributed by atoms with Gasteiger partial charge in [0.05, 0.1) is 18.5 Å². The van der Waals surface area contributed by atoms with E-state index in [0.717, 1.165) is 16.1 Å². The minimum atomic E-state index is -0.206. The highest BCUT2D eigenvalue weighted by atomic mass is 32.1. The van der Waals surface area contributed by atoms with E-state index >= 15 is 0 Å². The van der Waals surface area contributed by atoms with Gasteiger partial charge in [-0.05, 0) is 12.1 Å². The van der Waals surface area contributed by atoms with Crippen LogP contribution in [0.3, 0.4) is 0 Å². The second-order valence-corrected chi connectivity index (χ2v) is 7.08. The van der Waals surface area contributed by atoms with Crippen molar-refractivity contribution in [2.24, 2.45) is 0 Å². The molecular formula is C23H18N2O2S. The number of nitrogens with zero attached hydrogens (tertiary/aromatic N) is 1. The fourth-order valence-corrected chi connectivity index (χ4v) is 3.89. The van der Waals surface area contributed by atoms with Crippen molar-refractivity contribution < 1.29 is 9.53 Å². The summed E-state index contributed by atoms with van der Waals surface area (Å²) in [6, 6.07) is 27.0. The number of rotatable bonds is 5. The van der Waals surface area contributed by atoms with Crippen LogP contribution in [0, 0.1) is 0 Å². The Morgan fingerprint density at radius 2 is 1.46 bits per heavy atom. The standard InChI is InChI=1S/C23H18N2O2S/c1-27-19-15-9-8-14-18(19)24-22(26)21-20(16-10-4-2-5-11-16)25-23(28-21)17-12-6-3-7-13-17/h2-15H,1H3,(H,24,26). The van der Waals surface area contributed by atoms with Crippen molar-refractivity contribution in [3.8, 4) is 27.6 Å². The SMILES string of the molecule is COc1ccccc1NC(=O)c1sc(-c2ccccc2)nc1-c1ccccc1. The first-order chi connectivity index (χ1) is 13.8. The maximum Gasteiger partial charge on any atom is 0.268 e. The molecule has 0 fully saturated rings. The molecule has 0 aliphatic carbocycles. The Morgan fingerprint density at radius 1 is 0.857 bits per heavy atom. The minimum Gasteiger partial charge on any atom is -0.495 e. The van der Waals surface area contributed by atoms with Gasteiger partial charge in [-0.3, -0.25) is 4.79 Å². The third-order valence-corrected chi connectivity index (χ3v) is 5.36. The maximum atomic E-state index is 13.1. The molecule has 1 heterocycles. The third kappa shape index (κ3) is 3.66. The van der Waals surface area contributed by atoms with Gasteiger partial charge >= 0.3 is 0 Å². The fraction of sp³-hybridized carbons (Fsp3) is 0.0435. The van der Waals surface area contributed by atoms with Gasteiger partial charge in [-0.25, -0.2) is 4.98 Å². The normalized spacial score (nSPS) is 10.5. The Bertz CT molecular complexity index is 1090. The first-order valence-electron chi connectivity index (χ1n) is 8.82. The number of hydrogen-bond acceptors (Lipinski definition) is 4. The smallest absolute Gasteiger partial charge is 0.268 e. The quantitative estimate of drug-likeness (QED) is 0.476. The Morgan fingerprint density at radius 3 is 2.14 bits per heavy atom. The molecule has 0 spiro atoms. The fourth-order valence-electron chi connectivity index (χ4n) is 2.90. The van der Waals surface area contributed by atoms with Crippen LogP contribution in [0.1, 0.15) is 9.67 Å². The van der Waals surface area contributed by atoms with Crippen LogP contribution >= 0.6 is 11.3 Å². The lowest BCUT2D eigenvalue weighted by atomic mass is 10.1. The second-order valence-electron chi connectivity index (χ2n) is 6.08. The molecule has 138 valence electrons. The zero-order valence-electron chi connectivity index (χ0n) is 15.3. The van der Waals surface area contributed by atoms with E-state index in [4.69, 9.17) is 9.72 Å². The van der Waals surface area contributed by atoms with Gasteiger partial charge in [0.1, 0.15) is 15.6 Å². The molecule has 1 aromatic heterocycles. The molecule has 4 aromatic rings. The highest BCUT2D eigenvalue weighted by molar-refractivity contribution is 7.17. The first-order valence-corrected chi connectivity index (χ1v) is 9.64. The van der Waals surface area contributed by atoms with E-state index in [1.165, 1.54) is 11.3 Å². The van der Waals surface area contributed by atoms with Gasteiger partial charge in [0.15, 0.2) is 0 Å². The lowest BCUT2D eigenvalue weighted by Crippen LogP contribution is -2.12. The predicted molar refractivity (Wildman–Crippen MR) is 114 cm³/mol. The summed E-state index contributed by atoms with van der Waals surface area (Å²) in [5, 5.41) is 3.77. The minimum absolute atomic E-state index is 0.206. The van der Waals surface area contributed by atoms with Gasteiger partial charge in [0.2, 0.25) is 0 Å². The highest BCUT2D eigenvalue weighted by Crippen LogP contribution is 2.35. The predicted octanol–water partition coefficient (Wildman–Crippen LogP) is 5.74. The summed E-state index contributed by atoms with van der Waals surface area (Å²) in [5.41, 5.74) is 3.20. The van der Waals surface area contributed by atoms with E-state index in [1.54, 1.807) is 7.11 Å². The molecule has 4 nitrogen and oxygen atoms in total. The summed E-state index contributed by atoms with van der Waals surface area (Å²) in [6.45, 7) is 0. The van der Waals surface area contributed by atoms with E-state index in [9.17, 15) is 4.79 Å². The van der Waals surface area contributed by atoms with Crippen LogP contribution in [0.4, 0.5) is 5.69 Å². The number of anilines is 1. The van der Waals surface area contributed by atoms with Crippen molar-refractivity contribution in [2.45, 2.75) is 0 Å². The lowest BCUT2D eigenvalue weighted by Gasteiger charge is -2.09. The van der Waals surface area contributed by atoms with Crippen LogP contribution in [0.15, 0.2) is 84.9 Å². The van der Waals surface area contributed by atoms with E-state index in [-0.39, 0.29) is 5.91 Å². The molecule has 0 aliphatic heterocycles. The molecule has 0 radical (unpaired) electrons. The number of amides is 1. The molecule has 1 N–H and O–H groups in total. The maximum absolute atomic E-state index is 13.1. The highest BCUT2D eigenvalue weighted by Gasteiger charge is 2.21. The molecule has 5 heteroatoms. The Kier molecular flexibility index (Phi) is 5.17. The number of para-hydroxylation sites is 2. The van der Waals surface area contributed by atoms with Crippen molar-refractivity contribution in [2.75, 3.05) is 12.4 Å². The summed E-state index contributed by atoms with van der Waals surface area (Å²) in [4.78, 5) is 18.5. The number of hydrogen-bond donors (Lipinski definition) is 1. The Hall–Kier alpha value is -3.44. The topological polar surface area (TPSA) is 51.2 Å². The molecule has 0 unspecified atom stereocenters. The molecule has 0 bridgehead atoms. The number of carbonyl (C=O) groups is 1. The summed E-state index contributed by atoms with van der Waals surface area (Å²) < 4.78 is 5.34. The van der Waals surface area contributed by atoms with Crippen LogP contribution in [0.5, 0.6) is 5.75 Å². The molecule has 0 aliphatic rings. The number of thiazole rings is 1. The van der Waals surface area contributed by atoms with Crippen molar-refractivity contribution in [1.82, 2.24) is 4.98 Å². The van der Waals surface area contributed by atoms with Gasteiger partial charge in [-0.2, -0.15) is 0 Å². The Balaban J connectivity index is 1.76. The van der Waals surface area contributed by atoms with E-state index in [0.29, 0.717) is 22.0 Å². The van der Waals surface area contributed by atoms with Crippen molar-refractivity contribution >= 4 is 22.9 Å². The van der Waals surface area contributed by atoms with Crippen molar-refractivity contribution in [3.63, 3.8) is 0 Å². The molecule has 4 rings (SSSR count). The van der Waals surface area contributed by atoms with Crippen LogP contribution in [-0.2, 0) is 0 Å². The van der Waals surface area contributed by atoms with E-state index in [1.807, 2.05) is 84.9 Å². The zero-order chi connectivity index (χ0) is 19.3. The van der Waals surface area contributed by atoms with Gasteiger partial charge in [-0.1, -0.05) is 72.8 Å². The van der Waals surface area contributed by atoms with Crippen LogP contribution < -0.4 is 10.1 Å². The summed E-state index contributed by atoms with van der Waals surface area (Å²) in [5.74, 6) is 0.410. The second kappa shape index (κ2) is 8.06. The van der Waals surface area contributed by atoms with Crippen LogP contribution in [-0.4, -0.2) is 18.0 Å². The average Bonchev–Trinajstić information content (AvgIpc) is 3.21. The van der Waals surface area contributed by atoms with Gasteiger partial charge < -0.3 is 10.1 Å². The molecule has 1 amide bonds. The van der Waals surface area contributed by atoms with E-state index in [2.05, 4.69) is 5.32 Å². The molecule has 0 atom stereocenters. The van der Waals surface area contributed by atoms with Crippen molar-refractivity contribution in [1.29, 1.82) is 0 Å². The largest absolute Gasteiger partial charge is 0.495 e. The molecule has 3 aromatic carbocycles. The summed E-state index contributed by atoms with van der Waals surface area (Å²) in [6.07, 6.45) is 0. The van der Waals surface area contributed by atoms with E-state index < -0.39 is 0 Å². The Labute approximate surface area is 167 Å². The average molecular weight is 386 g/mol. The molecule has 0 saturated carbocycles. The van der Waals surface area contributed by atoms with Gasteiger partial charge in [0.25, 0.3) is 5.91 Å². The number of benzene rings is 3. The molecule has 28 heavy (non-hydrogen) atoms. The number of nitrogens with one attached hydrogen (secondary N) is 1. The summed E-state index contributed by atoms with van der Waals surface area (Å²) >= 11 is 1.38. The number of ether oxygens (including phenoxy) is 1. The number of carbonyl (C=O) groups excluding carboxylic acids is 1. The molecule has 0 saturated heterocycles. The van der Waals surface area contributed by atoms with Gasteiger partial charge in [0, 0.05) is 11.1 Å². The monoisotopic (exact) mass is 386 g/mol. The van der Waals surface area contributed by atoms with Crippen molar-refractivity contribution in [3.05, 3.63) is 89.8 Å². The number of methoxy groups -OCH3 is 1. The number of aromatic nitrogens is 1. The summed E-state index contributed by atoms with van der Waals surface area (Å²) in [7, 11) is 1.58. The van der Waals surface area contributed by atoms with Gasteiger partial charge in [-0.15, -0.1) is 11.3 Å². The first kappa shape index (κ1) is 17.9. The zero-order valence-corrected chi connectivity index (χ0v) is 16.1.